The summed E-state index contributed by atoms with van der Waals surface area (Å²) in [7, 11) is 1.81. The summed E-state index contributed by atoms with van der Waals surface area (Å²) in [6.07, 6.45) is 9.72. The minimum Gasteiger partial charge on any atom is -0.492 e. The lowest BCUT2D eigenvalue weighted by Crippen LogP contribution is -2.40. The Balaban J connectivity index is 1.72. The molecule has 0 radical (unpaired) electrons. The second kappa shape index (κ2) is 11.3. The molecule has 31 heavy (non-hydrogen) atoms. The highest BCUT2D eigenvalue weighted by molar-refractivity contribution is 5.40. The number of hydrogen-bond donors (Lipinski definition) is 0. The molecule has 0 amide bonds. The highest BCUT2D eigenvalue weighted by Gasteiger charge is 2.39. The SMILES string of the molecule is CCN(CC)CCOc1ccc(C(C)CC2(c3ccccc3)C=CC=CC2OC)cc1. The van der Waals surface area contributed by atoms with Crippen LogP contribution >= 0.6 is 0 Å². The van der Waals surface area contributed by atoms with Crippen LogP contribution in [0.3, 0.4) is 0 Å². The van der Waals surface area contributed by atoms with Gasteiger partial charge in [-0.05, 0) is 48.7 Å². The molecule has 3 unspecified atom stereocenters. The van der Waals surface area contributed by atoms with E-state index in [1.807, 2.05) is 0 Å². The zero-order chi connectivity index (χ0) is 22.1. The molecule has 3 atom stereocenters. The van der Waals surface area contributed by atoms with E-state index in [1.165, 1.54) is 11.1 Å². The van der Waals surface area contributed by atoms with Gasteiger partial charge in [0.2, 0.25) is 0 Å². The second-order valence-corrected chi connectivity index (χ2v) is 8.36. The minimum absolute atomic E-state index is 0.0185. The molecular weight excluding hydrogens is 382 g/mol. The predicted octanol–water partition coefficient (Wildman–Crippen LogP) is 5.98. The Hall–Kier alpha value is -2.36. The summed E-state index contributed by atoms with van der Waals surface area (Å²) < 4.78 is 11.9. The van der Waals surface area contributed by atoms with Crippen LogP contribution in [0.1, 0.15) is 44.2 Å². The van der Waals surface area contributed by atoms with Crippen molar-refractivity contribution in [3.8, 4) is 5.75 Å². The average molecular weight is 420 g/mol. The van der Waals surface area contributed by atoms with Crippen LogP contribution in [0.4, 0.5) is 0 Å². The molecule has 0 saturated carbocycles. The van der Waals surface area contributed by atoms with Gasteiger partial charge in [-0.2, -0.15) is 0 Å². The van der Waals surface area contributed by atoms with Gasteiger partial charge in [-0.1, -0.05) is 87.5 Å². The van der Waals surface area contributed by atoms with Gasteiger partial charge < -0.3 is 14.4 Å². The number of rotatable bonds is 11. The molecule has 3 rings (SSSR count). The van der Waals surface area contributed by atoms with Gasteiger partial charge >= 0.3 is 0 Å². The molecule has 0 saturated heterocycles. The first kappa shape index (κ1) is 23.3. The molecule has 0 bridgehead atoms. The van der Waals surface area contributed by atoms with Crippen molar-refractivity contribution in [1.82, 2.24) is 4.90 Å². The summed E-state index contributed by atoms with van der Waals surface area (Å²) in [5, 5.41) is 0. The zero-order valence-corrected chi connectivity index (χ0v) is 19.5. The Kier molecular flexibility index (Phi) is 8.51. The number of ether oxygens (including phenoxy) is 2. The largest absolute Gasteiger partial charge is 0.492 e. The van der Waals surface area contributed by atoms with E-state index in [-0.39, 0.29) is 11.5 Å². The Morgan fingerprint density at radius 3 is 2.32 bits per heavy atom. The van der Waals surface area contributed by atoms with Crippen LogP contribution in [0.5, 0.6) is 5.75 Å². The lowest BCUT2D eigenvalue weighted by Gasteiger charge is -2.40. The summed E-state index contributed by atoms with van der Waals surface area (Å²) in [6, 6.07) is 19.4. The fraction of sp³-hybridized carbons (Fsp3) is 0.429. The van der Waals surface area contributed by atoms with Crippen molar-refractivity contribution in [3.63, 3.8) is 0 Å². The van der Waals surface area contributed by atoms with Crippen molar-refractivity contribution in [2.24, 2.45) is 0 Å². The zero-order valence-electron chi connectivity index (χ0n) is 19.5. The first-order valence-electron chi connectivity index (χ1n) is 11.5. The van der Waals surface area contributed by atoms with Crippen LogP contribution < -0.4 is 4.74 Å². The van der Waals surface area contributed by atoms with Gasteiger partial charge in [0.1, 0.15) is 12.4 Å². The number of hydrogen-bond acceptors (Lipinski definition) is 3. The summed E-state index contributed by atoms with van der Waals surface area (Å²) in [4.78, 5) is 2.37. The molecule has 0 aliphatic heterocycles. The molecule has 1 aliphatic rings. The first-order chi connectivity index (χ1) is 15.1. The molecule has 0 N–H and O–H groups in total. The molecule has 2 aromatic rings. The van der Waals surface area contributed by atoms with Gasteiger partial charge in [0, 0.05) is 19.1 Å². The van der Waals surface area contributed by atoms with E-state index in [4.69, 9.17) is 9.47 Å². The van der Waals surface area contributed by atoms with Gasteiger partial charge in [-0.15, -0.1) is 0 Å². The highest BCUT2D eigenvalue weighted by Crippen LogP contribution is 2.42. The summed E-state index contributed by atoms with van der Waals surface area (Å²) in [5.41, 5.74) is 2.44. The van der Waals surface area contributed by atoms with Crippen LogP contribution in [0.25, 0.3) is 0 Å². The number of methoxy groups -OCH3 is 1. The first-order valence-corrected chi connectivity index (χ1v) is 11.5. The molecule has 0 aromatic heterocycles. The maximum absolute atomic E-state index is 5.97. The standard InChI is InChI=1S/C28H37NO2/c1-5-29(6-2)20-21-31-26-17-15-24(16-18-26)23(3)22-28(25-12-8-7-9-13-25)19-11-10-14-27(28)30-4/h7-19,23,27H,5-6,20-22H2,1-4H3. The van der Waals surface area contributed by atoms with Crippen LogP contribution in [0.15, 0.2) is 78.9 Å². The highest BCUT2D eigenvalue weighted by atomic mass is 16.5. The molecule has 166 valence electrons. The van der Waals surface area contributed by atoms with Crippen molar-refractivity contribution >= 4 is 0 Å². The molecule has 0 spiro atoms. The summed E-state index contributed by atoms with van der Waals surface area (Å²) >= 11 is 0. The minimum atomic E-state index is -0.177. The predicted molar refractivity (Wildman–Crippen MR) is 130 cm³/mol. The van der Waals surface area contributed by atoms with Crippen LogP contribution in [-0.2, 0) is 10.2 Å². The fourth-order valence-electron chi connectivity index (χ4n) is 4.61. The Morgan fingerprint density at radius 1 is 0.968 bits per heavy atom. The second-order valence-electron chi connectivity index (χ2n) is 8.36. The maximum atomic E-state index is 5.97. The van der Waals surface area contributed by atoms with Crippen LogP contribution in [-0.4, -0.2) is 44.4 Å². The Morgan fingerprint density at radius 2 is 1.68 bits per heavy atom. The van der Waals surface area contributed by atoms with Gasteiger partial charge in [0.15, 0.2) is 0 Å². The summed E-state index contributed by atoms with van der Waals surface area (Å²) in [6.45, 7) is 10.5. The average Bonchev–Trinajstić information content (AvgIpc) is 2.83. The van der Waals surface area contributed by atoms with Gasteiger partial charge in [0.05, 0.1) is 6.10 Å². The molecule has 3 nitrogen and oxygen atoms in total. The summed E-state index contributed by atoms with van der Waals surface area (Å²) in [5.74, 6) is 1.31. The van der Waals surface area contributed by atoms with Crippen molar-refractivity contribution < 1.29 is 9.47 Å². The Labute approximate surface area is 188 Å². The smallest absolute Gasteiger partial charge is 0.119 e. The fourth-order valence-corrected chi connectivity index (χ4v) is 4.61. The van der Waals surface area contributed by atoms with E-state index in [1.54, 1.807) is 7.11 Å². The monoisotopic (exact) mass is 419 g/mol. The number of allylic oxidation sites excluding steroid dienone is 2. The molecule has 2 aromatic carbocycles. The third kappa shape index (κ3) is 5.66. The van der Waals surface area contributed by atoms with Crippen molar-refractivity contribution in [2.45, 2.75) is 44.6 Å². The van der Waals surface area contributed by atoms with E-state index in [0.717, 1.165) is 38.4 Å². The van der Waals surface area contributed by atoms with E-state index < -0.39 is 0 Å². The normalized spacial score (nSPS) is 21.4. The van der Waals surface area contributed by atoms with E-state index in [9.17, 15) is 0 Å². The van der Waals surface area contributed by atoms with E-state index in [0.29, 0.717) is 5.92 Å². The lowest BCUT2D eigenvalue weighted by molar-refractivity contribution is 0.0797. The molecule has 3 heteroatoms. The third-order valence-corrected chi connectivity index (χ3v) is 6.53. The van der Waals surface area contributed by atoms with Crippen molar-refractivity contribution in [3.05, 3.63) is 90.0 Å². The topological polar surface area (TPSA) is 21.7 Å². The number of likely N-dealkylation sites (N-methyl/N-ethyl adjacent to an activating group) is 1. The third-order valence-electron chi connectivity index (χ3n) is 6.53. The number of nitrogens with zero attached hydrogens (tertiary/aromatic N) is 1. The lowest BCUT2D eigenvalue weighted by atomic mass is 9.67. The van der Waals surface area contributed by atoms with E-state index in [2.05, 4.69) is 105 Å². The van der Waals surface area contributed by atoms with E-state index >= 15 is 0 Å². The van der Waals surface area contributed by atoms with Crippen molar-refractivity contribution in [1.29, 1.82) is 0 Å². The Bertz CT molecular complexity index is 839. The molecular formula is C28H37NO2. The van der Waals surface area contributed by atoms with Crippen molar-refractivity contribution in [2.75, 3.05) is 33.4 Å². The van der Waals surface area contributed by atoms with Gasteiger partial charge in [-0.3, -0.25) is 0 Å². The number of benzene rings is 2. The maximum Gasteiger partial charge on any atom is 0.119 e. The van der Waals surface area contributed by atoms with Crippen LogP contribution in [0, 0.1) is 0 Å². The molecule has 0 heterocycles. The molecule has 1 aliphatic carbocycles. The van der Waals surface area contributed by atoms with Gasteiger partial charge in [0.25, 0.3) is 0 Å². The van der Waals surface area contributed by atoms with Crippen LogP contribution in [0.2, 0.25) is 0 Å². The molecule has 0 fully saturated rings. The van der Waals surface area contributed by atoms with Gasteiger partial charge in [-0.25, -0.2) is 0 Å². The quantitative estimate of drug-likeness (QED) is 0.447.